The van der Waals surface area contributed by atoms with Crippen LogP contribution in [0.25, 0.3) is 0 Å². The van der Waals surface area contributed by atoms with Gasteiger partial charge in [-0.25, -0.2) is 0 Å². The Labute approximate surface area is 110 Å². The number of rotatable bonds is 5. The van der Waals surface area contributed by atoms with Crippen LogP contribution in [0.4, 0.5) is 0 Å². The van der Waals surface area contributed by atoms with Gasteiger partial charge in [0.1, 0.15) is 0 Å². The predicted molar refractivity (Wildman–Crippen MR) is 71.8 cm³/mol. The molecule has 2 rings (SSSR count). The highest BCUT2D eigenvalue weighted by Gasteiger charge is 2.44. The second kappa shape index (κ2) is 5.65. The van der Waals surface area contributed by atoms with E-state index >= 15 is 0 Å². The highest BCUT2D eigenvalue weighted by atomic mass is 32.2. The van der Waals surface area contributed by atoms with Crippen molar-refractivity contribution in [1.82, 2.24) is 0 Å². The first kappa shape index (κ1) is 13.3. The third-order valence-corrected chi connectivity index (χ3v) is 5.41. The van der Waals surface area contributed by atoms with Gasteiger partial charge < -0.3 is 4.74 Å². The Balaban J connectivity index is 1.91. The molecule has 98 valence electrons. The largest absolute Gasteiger partial charge is 0.469 e. The van der Waals surface area contributed by atoms with Gasteiger partial charge in [-0.3, -0.25) is 9.00 Å². The summed E-state index contributed by atoms with van der Waals surface area (Å²) in [6, 6.07) is 10.1. The fourth-order valence-corrected chi connectivity index (χ4v) is 3.95. The summed E-state index contributed by atoms with van der Waals surface area (Å²) in [6.45, 7) is 1.85. The van der Waals surface area contributed by atoms with Crippen LogP contribution in [0.3, 0.4) is 0 Å². The highest BCUT2D eigenvalue weighted by Crippen LogP contribution is 2.45. The number of hydrogen-bond donors (Lipinski definition) is 0. The predicted octanol–water partition coefficient (Wildman–Crippen LogP) is 2.24. The number of carbonyl (C=O) groups is 1. The van der Waals surface area contributed by atoms with Crippen molar-refractivity contribution in [3.63, 3.8) is 0 Å². The molecular formula is C14H18O3S. The van der Waals surface area contributed by atoms with Gasteiger partial charge in [0, 0.05) is 21.3 Å². The van der Waals surface area contributed by atoms with Gasteiger partial charge in [-0.2, -0.15) is 0 Å². The summed E-state index contributed by atoms with van der Waals surface area (Å²) in [5, 5.41) is 0.0724. The lowest BCUT2D eigenvalue weighted by molar-refractivity contribution is -0.140. The molecule has 0 spiro atoms. The van der Waals surface area contributed by atoms with E-state index in [0.29, 0.717) is 5.92 Å². The molecule has 1 aliphatic carbocycles. The van der Waals surface area contributed by atoms with Crippen LogP contribution in [0.5, 0.6) is 0 Å². The Bertz CT molecular complexity index is 444. The van der Waals surface area contributed by atoms with Crippen molar-refractivity contribution in [2.45, 2.75) is 36.2 Å². The minimum Gasteiger partial charge on any atom is -0.469 e. The molecule has 0 bridgehead atoms. The molecule has 1 fully saturated rings. The zero-order valence-electron chi connectivity index (χ0n) is 10.7. The first-order valence-corrected chi connectivity index (χ1v) is 7.42. The van der Waals surface area contributed by atoms with Crippen LogP contribution in [-0.4, -0.2) is 27.8 Å². The third kappa shape index (κ3) is 2.99. The topological polar surface area (TPSA) is 43.4 Å². The number of esters is 1. The first-order valence-electron chi connectivity index (χ1n) is 6.14. The van der Waals surface area contributed by atoms with E-state index in [1.807, 2.05) is 25.1 Å². The molecule has 0 heterocycles. The fourth-order valence-electron chi connectivity index (χ4n) is 2.18. The molecule has 4 heteroatoms. The van der Waals surface area contributed by atoms with Crippen LogP contribution in [0.2, 0.25) is 0 Å². The minimum atomic E-state index is -0.959. The van der Waals surface area contributed by atoms with Crippen molar-refractivity contribution in [1.29, 1.82) is 0 Å². The molecule has 18 heavy (non-hydrogen) atoms. The highest BCUT2D eigenvalue weighted by molar-refractivity contribution is 7.86. The Morgan fingerprint density at radius 2 is 2.11 bits per heavy atom. The van der Waals surface area contributed by atoms with E-state index in [1.165, 1.54) is 12.7 Å². The van der Waals surface area contributed by atoms with Crippen LogP contribution < -0.4 is 0 Å². The van der Waals surface area contributed by atoms with Gasteiger partial charge in [0.2, 0.25) is 0 Å². The lowest BCUT2D eigenvalue weighted by Crippen LogP contribution is -2.20. The molecular weight excluding hydrogens is 248 g/mol. The maximum atomic E-state index is 12.2. The van der Waals surface area contributed by atoms with Crippen LogP contribution in [0.15, 0.2) is 30.3 Å². The van der Waals surface area contributed by atoms with Gasteiger partial charge in [0.05, 0.1) is 13.5 Å². The Morgan fingerprint density at radius 3 is 2.72 bits per heavy atom. The van der Waals surface area contributed by atoms with Crippen LogP contribution in [0.1, 0.15) is 31.2 Å². The second-order valence-electron chi connectivity index (χ2n) is 4.71. The van der Waals surface area contributed by atoms with Crippen molar-refractivity contribution in [3.8, 4) is 0 Å². The number of ether oxygens (including phenoxy) is 1. The van der Waals surface area contributed by atoms with Crippen molar-refractivity contribution in [2.24, 2.45) is 0 Å². The summed E-state index contributed by atoms with van der Waals surface area (Å²) in [5.74, 6) is 0.111. The summed E-state index contributed by atoms with van der Waals surface area (Å²) >= 11 is 0. The minimum absolute atomic E-state index is 0.129. The van der Waals surface area contributed by atoms with Crippen LogP contribution in [0, 0.1) is 0 Å². The summed E-state index contributed by atoms with van der Waals surface area (Å²) in [5.41, 5.74) is 1.25. The molecule has 1 aromatic rings. The number of methoxy groups -OCH3 is 1. The quantitative estimate of drug-likeness (QED) is 0.768. The number of carbonyl (C=O) groups excluding carboxylic acids is 1. The van der Waals surface area contributed by atoms with Gasteiger partial charge in [-0.15, -0.1) is 0 Å². The zero-order chi connectivity index (χ0) is 13.1. The molecule has 1 aromatic carbocycles. The van der Waals surface area contributed by atoms with E-state index in [1.54, 1.807) is 0 Å². The molecule has 3 nitrogen and oxygen atoms in total. The number of hydrogen-bond acceptors (Lipinski definition) is 3. The maximum absolute atomic E-state index is 12.2. The first-order chi connectivity index (χ1) is 8.63. The lowest BCUT2D eigenvalue weighted by atomic mass is 10.1. The van der Waals surface area contributed by atoms with Crippen molar-refractivity contribution in [3.05, 3.63) is 35.9 Å². The van der Waals surface area contributed by atoms with Crippen LogP contribution in [-0.2, 0) is 20.3 Å². The van der Waals surface area contributed by atoms with Gasteiger partial charge >= 0.3 is 5.97 Å². The zero-order valence-corrected chi connectivity index (χ0v) is 11.5. The van der Waals surface area contributed by atoms with Gasteiger partial charge in [-0.1, -0.05) is 37.3 Å². The third-order valence-electron chi connectivity index (χ3n) is 3.34. The average molecular weight is 266 g/mol. The normalized spacial score (nSPS) is 25.2. The van der Waals surface area contributed by atoms with E-state index in [9.17, 15) is 9.00 Å². The Hall–Kier alpha value is -1.16. The summed E-state index contributed by atoms with van der Waals surface area (Å²) in [4.78, 5) is 11.2. The standard InChI is InChI=1S/C14H18O3S/c1-10(8-14(15)17-2)18(16)13-9-12(13)11-6-4-3-5-7-11/h3-7,10,12-13H,8-9H2,1-2H3. The van der Waals surface area contributed by atoms with Gasteiger partial charge in [-0.05, 0) is 17.9 Å². The monoisotopic (exact) mass is 266 g/mol. The molecule has 0 aliphatic heterocycles. The molecule has 1 saturated carbocycles. The average Bonchev–Trinajstić information content (AvgIpc) is 3.18. The van der Waals surface area contributed by atoms with E-state index in [0.717, 1.165) is 6.42 Å². The molecule has 1 aliphatic rings. The van der Waals surface area contributed by atoms with E-state index < -0.39 is 10.8 Å². The lowest BCUT2D eigenvalue weighted by Gasteiger charge is -2.09. The molecule has 0 aromatic heterocycles. The molecule has 0 N–H and O–H groups in total. The van der Waals surface area contributed by atoms with E-state index in [2.05, 4.69) is 16.9 Å². The van der Waals surface area contributed by atoms with Crippen molar-refractivity contribution < 1.29 is 13.7 Å². The smallest absolute Gasteiger partial charge is 0.306 e. The fraction of sp³-hybridized carbons (Fsp3) is 0.500. The number of benzene rings is 1. The van der Waals surface area contributed by atoms with Crippen LogP contribution >= 0.6 is 0 Å². The molecule has 4 unspecified atom stereocenters. The van der Waals surface area contributed by atoms with Gasteiger partial charge in [0.25, 0.3) is 0 Å². The van der Waals surface area contributed by atoms with E-state index in [-0.39, 0.29) is 22.9 Å². The Kier molecular flexibility index (Phi) is 4.17. The molecule has 0 saturated heterocycles. The molecule has 0 radical (unpaired) electrons. The maximum Gasteiger partial charge on any atom is 0.306 e. The SMILES string of the molecule is COC(=O)CC(C)S(=O)C1CC1c1ccccc1. The van der Waals surface area contributed by atoms with Crippen molar-refractivity contribution in [2.75, 3.05) is 7.11 Å². The molecule has 0 amide bonds. The Morgan fingerprint density at radius 1 is 1.44 bits per heavy atom. The molecule has 4 atom stereocenters. The second-order valence-corrected chi connectivity index (χ2v) is 6.78. The summed E-state index contributed by atoms with van der Waals surface area (Å²) in [6.07, 6.45) is 1.20. The summed E-state index contributed by atoms with van der Waals surface area (Å²) < 4.78 is 16.9. The van der Waals surface area contributed by atoms with E-state index in [4.69, 9.17) is 0 Å². The van der Waals surface area contributed by atoms with Crippen molar-refractivity contribution >= 4 is 16.8 Å². The summed E-state index contributed by atoms with van der Waals surface area (Å²) in [7, 11) is 0.404. The van der Waals surface area contributed by atoms with Gasteiger partial charge in [0.15, 0.2) is 0 Å².